The summed E-state index contributed by atoms with van der Waals surface area (Å²) < 4.78 is 10.6. The van der Waals surface area contributed by atoms with Crippen molar-refractivity contribution in [3.63, 3.8) is 0 Å². The van der Waals surface area contributed by atoms with Crippen molar-refractivity contribution < 1.29 is 14.3 Å². The van der Waals surface area contributed by atoms with Gasteiger partial charge in [0.05, 0.1) is 19.8 Å². The Morgan fingerprint density at radius 2 is 2.20 bits per heavy atom. The van der Waals surface area contributed by atoms with E-state index in [0.29, 0.717) is 17.1 Å². The number of hydrogen-bond donors (Lipinski definition) is 1. The molecule has 1 unspecified atom stereocenters. The Hall–Kier alpha value is -1.75. The van der Waals surface area contributed by atoms with Crippen LogP contribution >= 0.6 is 0 Å². The highest BCUT2D eigenvalue weighted by Gasteiger charge is 2.30. The zero-order valence-corrected chi connectivity index (χ0v) is 12.3. The Morgan fingerprint density at radius 3 is 2.85 bits per heavy atom. The Labute approximate surface area is 119 Å². The molecule has 0 radical (unpaired) electrons. The van der Waals surface area contributed by atoms with E-state index in [1.807, 2.05) is 18.0 Å². The first-order valence-electron chi connectivity index (χ1n) is 6.89. The van der Waals surface area contributed by atoms with Crippen LogP contribution in [0.2, 0.25) is 0 Å². The van der Waals surface area contributed by atoms with Gasteiger partial charge in [-0.3, -0.25) is 4.79 Å². The predicted octanol–water partition coefficient (Wildman–Crippen LogP) is 1.53. The molecule has 5 heteroatoms. The molecule has 2 rings (SSSR count). The summed E-state index contributed by atoms with van der Waals surface area (Å²) in [5.74, 6) is 1.11. The zero-order valence-electron chi connectivity index (χ0n) is 12.3. The first-order chi connectivity index (χ1) is 9.72. The normalized spacial score (nSPS) is 18.1. The van der Waals surface area contributed by atoms with Gasteiger partial charge in [0.2, 0.25) is 0 Å². The lowest BCUT2D eigenvalue weighted by Crippen LogP contribution is -2.40. The molecule has 0 saturated carbocycles. The van der Waals surface area contributed by atoms with Crippen molar-refractivity contribution in [2.75, 3.05) is 34.4 Å². The van der Waals surface area contributed by atoms with Crippen LogP contribution in [0, 0.1) is 0 Å². The summed E-state index contributed by atoms with van der Waals surface area (Å²) in [5.41, 5.74) is 0.565. The highest BCUT2D eigenvalue weighted by molar-refractivity contribution is 5.98. The Balaban J connectivity index is 2.29. The average Bonchev–Trinajstić information content (AvgIpc) is 2.94. The molecule has 1 heterocycles. The second-order valence-corrected chi connectivity index (χ2v) is 4.89. The fourth-order valence-corrected chi connectivity index (χ4v) is 2.76. The van der Waals surface area contributed by atoms with Gasteiger partial charge in [0.25, 0.3) is 5.91 Å². The third-order valence-electron chi connectivity index (χ3n) is 3.71. The highest BCUT2D eigenvalue weighted by atomic mass is 16.5. The number of rotatable bonds is 5. The Morgan fingerprint density at radius 1 is 1.40 bits per heavy atom. The molecule has 1 aliphatic rings. The number of benzene rings is 1. The van der Waals surface area contributed by atoms with Crippen LogP contribution in [0.15, 0.2) is 18.2 Å². The number of carbonyl (C=O) groups is 1. The minimum Gasteiger partial charge on any atom is -0.493 e. The molecule has 0 spiro atoms. The van der Waals surface area contributed by atoms with Crippen LogP contribution in [0.1, 0.15) is 23.2 Å². The second kappa shape index (κ2) is 6.61. The summed E-state index contributed by atoms with van der Waals surface area (Å²) in [5, 5.41) is 3.15. The first-order valence-corrected chi connectivity index (χ1v) is 6.89. The lowest BCUT2D eigenvalue weighted by molar-refractivity contribution is 0.0733. The number of likely N-dealkylation sites (N-methyl/N-ethyl adjacent to an activating group) is 1. The van der Waals surface area contributed by atoms with Gasteiger partial charge in [-0.05, 0) is 32.0 Å². The Bertz CT molecular complexity index is 476. The topological polar surface area (TPSA) is 50.8 Å². The maximum absolute atomic E-state index is 12.7. The number of hydrogen-bond acceptors (Lipinski definition) is 4. The molecule has 1 atom stereocenters. The van der Waals surface area contributed by atoms with Crippen LogP contribution in [0.5, 0.6) is 11.5 Å². The van der Waals surface area contributed by atoms with E-state index in [-0.39, 0.29) is 11.9 Å². The number of carbonyl (C=O) groups excluding carboxylic acids is 1. The first kappa shape index (κ1) is 14.7. The number of likely N-dealkylation sites (tertiary alicyclic amines) is 1. The summed E-state index contributed by atoms with van der Waals surface area (Å²) >= 11 is 0. The molecule has 1 N–H and O–H groups in total. The van der Waals surface area contributed by atoms with Crippen LogP contribution in [0.25, 0.3) is 0 Å². The number of nitrogens with zero attached hydrogens (tertiary/aromatic N) is 1. The third-order valence-corrected chi connectivity index (χ3v) is 3.71. The number of nitrogens with one attached hydrogen (secondary N) is 1. The molecule has 0 aromatic heterocycles. The zero-order chi connectivity index (χ0) is 14.5. The predicted molar refractivity (Wildman–Crippen MR) is 77.5 cm³/mol. The molecular formula is C15H22N2O3. The average molecular weight is 278 g/mol. The van der Waals surface area contributed by atoms with Crippen molar-refractivity contribution in [3.8, 4) is 11.5 Å². The fourth-order valence-electron chi connectivity index (χ4n) is 2.76. The van der Waals surface area contributed by atoms with E-state index in [2.05, 4.69) is 5.32 Å². The van der Waals surface area contributed by atoms with E-state index < -0.39 is 0 Å². The molecule has 1 aromatic rings. The van der Waals surface area contributed by atoms with E-state index in [4.69, 9.17) is 9.47 Å². The van der Waals surface area contributed by atoms with Gasteiger partial charge in [0.1, 0.15) is 0 Å². The molecule has 0 aliphatic carbocycles. The quantitative estimate of drug-likeness (QED) is 0.887. The molecular weight excluding hydrogens is 256 g/mol. The van der Waals surface area contributed by atoms with Gasteiger partial charge >= 0.3 is 0 Å². The van der Waals surface area contributed by atoms with Crippen molar-refractivity contribution in [2.24, 2.45) is 0 Å². The van der Waals surface area contributed by atoms with Crippen molar-refractivity contribution in [1.29, 1.82) is 0 Å². The van der Waals surface area contributed by atoms with Crippen LogP contribution in [0.3, 0.4) is 0 Å². The fraction of sp³-hybridized carbons (Fsp3) is 0.533. The van der Waals surface area contributed by atoms with E-state index in [1.165, 1.54) is 0 Å². The largest absolute Gasteiger partial charge is 0.493 e. The van der Waals surface area contributed by atoms with E-state index in [0.717, 1.165) is 25.9 Å². The van der Waals surface area contributed by atoms with Gasteiger partial charge in [-0.15, -0.1) is 0 Å². The van der Waals surface area contributed by atoms with E-state index >= 15 is 0 Å². The second-order valence-electron chi connectivity index (χ2n) is 4.89. The SMILES string of the molecule is CNCC1CCCN1C(=O)c1cccc(OC)c1OC. The van der Waals surface area contributed by atoms with Crippen molar-refractivity contribution in [1.82, 2.24) is 10.2 Å². The summed E-state index contributed by atoms with van der Waals surface area (Å²) in [7, 11) is 5.04. The lowest BCUT2D eigenvalue weighted by atomic mass is 10.1. The molecule has 1 aliphatic heterocycles. The highest BCUT2D eigenvalue weighted by Crippen LogP contribution is 2.32. The molecule has 1 fully saturated rings. The van der Waals surface area contributed by atoms with Crippen molar-refractivity contribution >= 4 is 5.91 Å². The number of ether oxygens (including phenoxy) is 2. The number of methoxy groups -OCH3 is 2. The molecule has 20 heavy (non-hydrogen) atoms. The van der Waals surface area contributed by atoms with Gasteiger partial charge in [-0.25, -0.2) is 0 Å². The van der Waals surface area contributed by atoms with Gasteiger partial charge < -0.3 is 19.7 Å². The summed E-state index contributed by atoms with van der Waals surface area (Å²) in [6.07, 6.45) is 2.09. The van der Waals surface area contributed by atoms with Crippen LogP contribution in [0.4, 0.5) is 0 Å². The lowest BCUT2D eigenvalue weighted by Gasteiger charge is -2.25. The molecule has 5 nitrogen and oxygen atoms in total. The maximum Gasteiger partial charge on any atom is 0.258 e. The number of amides is 1. The smallest absolute Gasteiger partial charge is 0.258 e. The van der Waals surface area contributed by atoms with Gasteiger partial charge in [-0.1, -0.05) is 6.07 Å². The van der Waals surface area contributed by atoms with Gasteiger partial charge in [0, 0.05) is 19.1 Å². The summed E-state index contributed by atoms with van der Waals surface area (Å²) in [6.45, 7) is 1.61. The molecule has 1 aromatic carbocycles. The summed E-state index contributed by atoms with van der Waals surface area (Å²) in [6, 6.07) is 5.66. The molecule has 1 amide bonds. The number of para-hydroxylation sites is 1. The monoisotopic (exact) mass is 278 g/mol. The van der Waals surface area contributed by atoms with Crippen LogP contribution < -0.4 is 14.8 Å². The molecule has 1 saturated heterocycles. The van der Waals surface area contributed by atoms with Crippen LogP contribution in [-0.4, -0.2) is 51.2 Å². The van der Waals surface area contributed by atoms with E-state index in [1.54, 1.807) is 26.4 Å². The van der Waals surface area contributed by atoms with Gasteiger partial charge in [-0.2, -0.15) is 0 Å². The third kappa shape index (κ3) is 2.72. The summed E-state index contributed by atoms with van der Waals surface area (Å²) in [4.78, 5) is 14.7. The van der Waals surface area contributed by atoms with Crippen LogP contribution in [-0.2, 0) is 0 Å². The van der Waals surface area contributed by atoms with Crippen molar-refractivity contribution in [2.45, 2.75) is 18.9 Å². The maximum atomic E-state index is 12.7. The molecule has 0 bridgehead atoms. The Kier molecular flexibility index (Phi) is 4.84. The minimum absolute atomic E-state index is 0.0125. The van der Waals surface area contributed by atoms with E-state index in [9.17, 15) is 4.79 Å². The van der Waals surface area contributed by atoms with Gasteiger partial charge in [0.15, 0.2) is 11.5 Å². The molecule has 110 valence electrons. The van der Waals surface area contributed by atoms with Crippen molar-refractivity contribution in [3.05, 3.63) is 23.8 Å². The standard InChI is InChI=1S/C15H22N2O3/c1-16-10-11-6-5-9-17(11)15(18)12-7-4-8-13(19-2)14(12)20-3/h4,7-8,11,16H,5-6,9-10H2,1-3H3. The minimum atomic E-state index is 0.0125.